The lowest BCUT2D eigenvalue weighted by Gasteiger charge is -2.26. The molecular formula is C29H30N6O. The van der Waals surface area contributed by atoms with E-state index in [1.165, 1.54) is 5.56 Å². The van der Waals surface area contributed by atoms with Gasteiger partial charge in [0.25, 0.3) is 0 Å². The van der Waals surface area contributed by atoms with E-state index in [4.69, 9.17) is 15.6 Å². The summed E-state index contributed by atoms with van der Waals surface area (Å²) in [6.07, 6.45) is 3.99. The van der Waals surface area contributed by atoms with E-state index >= 15 is 0 Å². The van der Waals surface area contributed by atoms with Crippen LogP contribution >= 0.6 is 0 Å². The van der Waals surface area contributed by atoms with Crippen molar-refractivity contribution in [1.29, 1.82) is 0 Å². The zero-order chi connectivity index (χ0) is 24.5. The van der Waals surface area contributed by atoms with Gasteiger partial charge in [0.1, 0.15) is 11.3 Å². The van der Waals surface area contributed by atoms with Gasteiger partial charge in [-0.15, -0.1) is 0 Å². The summed E-state index contributed by atoms with van der Waals surface area (Å²) in [5.74, 6) is 0. The van der Waals surface area contributed by atoms with E-state index in [1.807, 2.05) is 35.1 Å². The van der Waals surface area contributed by atoms with Crippen LogP contribution in [0.4, 0.5) is 5.69 Å². The molecule has 182 valence electrons. The van der Waals surface area contributed by atoms with Gasteiger partial charge in [-0.25, -0.2) is 4.98 Å². The van der Waals surface area contributed by atoms with E-state index in [2.05, 4.69) is 64.4 Å². The predicted molar refractivity (Wildman–Crippen MR) is 144 cm³/mol. The molecule has 3 aromatic heterocycles. The minimum absolute atomic E-state index is 0.743. The summed E-state index contributed by atoms with van der Waals surface area (Å²) in [6, 6.07) is 20.9. The highest BCUT2D eigenvalue weighted by Crippen LogP contribution is 2.37. The molecule has 3 N–H and O–H groups in total. The zero-order valence-electron chi connectivity index (χ0n) is 20.4. The maximum Gasteiger partial charge on any atom is 0.138 e. The lowest BCUT2D eigenvalue weighted by Crippen LogP contribution is -2.35. The smallest absolute Gasteiger partial charge is 0.138 e. The number of rotatable bonds is 6. The second-order valence-corrected chi connectivity index (χ2v) is 9.26. The SMILES string of the molecule is CCn1cc(-c2ccnc3[nH]c(-c4cccc(CN5CCOCC5)c4)cc23)c(-c2ccc(N)cc2)n1. The molecule has 1 aliphatic heterocycles. The molecule has 1 saturated heterocycles. The quantitative estimate of drug-likeness (QED) is 0.328. The number of nitrogens with one attached hydrogen (secondary N) is 1. The molecule has 0 spiro atoms. The van der Waals surface area contributed by atoms with Crippen LogP contribution in [0.5, 0.6) is 0 Å². The minimum atomic E-state index is 0.743. The number of H-pyrrole nitrogens is 1. The summed E-state index contributed by atoms with van der Waals surface area (Å²) in [5, 5.41) is 5.96. The number of nitrogen functional groups attached to an aromatic ring is 1. The number of benzene rings is 2. The van der Waals surface area contributed by atoms with E-state index in [-0.39, 0.29) is 0 Å². The van der Waals surface area contributed by atoms with Crippen molar-refractivity contribution in [1.82, 2.24) is 24.6 Å². The minimum Gasteiger partial charge on any atom is -0.399 e. The molecule has 0 aliphatic carbocycles. The summed E-state index contributed by atoms with van der Waals surface area (Å²) in [5.41, 5.74) is 15.3. The topological polar surface area (TPSA) is 85.0 Å². The van der Waals surface area contributed by atoms with Crippen LogP contribution in [0.2, 0.25) is 0 Å². The number of anilines is 1. The van der Waals surface area contributed by atoms with Gasteiger partial charge in [0.05, 0.1) is 13.2 Å². The summed E-state index contributed by atoms with van der Waals surface area (Å²) in [4.78, 5) is 10.6. The Morgan fingerprint density at radius 3 is 2.61 bits per heavy atom. The van der Waals surface area contributed by atoms with Gasteiger partial charge in [-0.1, -0.05) is 30.3 Å². The van der Waals surface area contributed by atoms with E-state index in [1.54, 1.807) is 0 Å². The molecule has 2 aromatic carbocycles. The Morgan fingerprint density at radius 1 is 0.972 bits per heavy atom. The number of nitrogens with zero attached hydrogens (tertiary/aromatic N) is 4. The maximum absolute atomic E-state index is 5.93. The van der Waals surface area contributed by atoms with Crippen molar-refractivity contribution < 1.29 is 4.74 Å². The average Bonchev–Trinajstić information content (AvgIpc) is 3.55. The predicted octanol–water partition coefficient (Wildman–Crippen LogP) is 5.19. The lowest BCUT2D eigenvalue weighted by atomic mass is 10.00. The number of aromatic nitrogens is 4. The molecule has 4 heterocycles. The van der Waals surface area contributed by atoms with Crippen molar-refractivity contribution in [3.8, 4) is 33.6 Å². The van der Waals surface area contributed by atoms with Crippen molar-refractivity contribution in [2.24, 2.45) is 0 Å². The van der Waals surface area contributed by atoms with Gasteiger partial charge in [0.15, 0.2) is 0 Å². The molecule has 1 aliphatic rings. The number of aryl methyl sites for hydroxylation is 1. The molecule has 0 amide bonds. The largest absolute Gasteiger partial charge is 0.399 e. The van der Waals surface area contributed by atoms with Gasteiger partial charge in [-0.2, -0.15) is 5.10 Å². The van der Waals surface area contributed by atoms with E-state index in [0.717, 1.165) is 89.8 Å². The molecule has 5 aromatic rings. The Bertz CT molecular complexity index is 1490. The Morgan fingerprint density at radius 2 is 1.81 bits per heavy atom. The summed E-state index contributed by atoms with van der Waals surface area (Å²) >= 11 is 0. The first-order chi connectivity index (χ1) is 17.7. The fraction of sp³-hybridized carbons (Fsp3) is 0.241. The molecular weight excluding hydrogens is 448 g/mol. The van der Waals surface area contributed by atoms with Gasteiger partial charge >= 0.3 is 0 Å². The monoisotopic (exact) mass is 478 g/mol. The summed E-state index contributed by atoms with van der Waals surface area (Å²) in [7, 11) is 0. The van der Waals surface area contributed by atoms with Crippen molar-refractivity contribution in [2.75, 3.05) is 32.0 Å². The van der Waals surface area contributed by atoms with Crippen LogP contribution in [0.25, 0.3) is 44.7 Å². The lowest BCUT2D eigenvalue weighted by molar-refractivity contribution is 0.0342. The van der Waals surface area contributed by atoms with Crippen LogP contribution in [-0.4, -0.2) is 51.0 Å². The van der Waals surface area contributed by atoms with Gasteiger partial charge in [-0.3, -0.25) is 9.58 Å². The summed E-state index contributed by atoms with van der Waals surface area (Å²) < 4.78 is 7.48. The van der Waals surface area contributed by atoms with Crippen LogP contribution in [0, 0.1) is 0 Å². The molecule has 1 fully saturated rings. The van der Waals surface area contributed by atoms with Crippen molar-refractivity contribution in [2.45, 2.75) is 20.0 Å². The maximum atomic E-state index is 5.93. The van der Waals surface area contributed by atoms with Gasteiger partial charge in [0.2, 0.25) is 0 Å². The van der Waals surface area contributed by atoms with Gasteiger partial charge in [0, 0.05) is 66.5 Å². The van der Waals surface area contributed by atoms with E-state index < -0.39 is 0 Å². The third-order valence-corrected chi connectivity index (χ3v) is 6.84. The first-order valence-electron chi connectivity index (χ1n) is 12.5. The number of aromatic amines is 1. The van der Waals surface area contributed by atoms with Crippen LogP contribution in [-0.2, 0) is 17.8 Å². The highest BCUT2D eigenvalue weighted by atomic mass is 16.5. The number of fused-ring (bicyclic) bond motifs is 1. The Balaban J connectivity index is 1.39. The molecule has 6 rings (SSSR count). The van der Waals surface area contributed by atoms with Crippen LogP contribution in [0.3, 0.4) is 0 Å². The summed E-state index contributed by atoms with van der Waals surface area (Å²) in [6.45, 7) is 7.40. The first-order valence-corrected chi connectivity index (χ1v) is 12.5. The average molecular weight is 479 g/mol. The van der Waals surface area contributed by atoms with Crippen LogP contribution in [0.1, 0.15) is 12.5 Å². The Labute approximate surface area is 210 Å². The van der Waals surface area contributed by atoms with Crippen molar-refractivity contribution >= 4 is 16.7 Å². The Hall–Kier alpha value is -3.94. The molecule has 0 saturated carbocycles. The van der Waals surface area contributed by atoms with Crippen molar-refractivity contribution in [3.05, 3.63) is 78.6 Å². The molecule has 36 heavy (non-hydrogen) atoms. The highest BCUT2D eigenvalue weighted by molar-refractivity contribution is 5.99. The first kappa shape index (κ1) is 22.5. The van der Waals surface area contributed by atoms with Crippen molar-refractivity contribution in [3.63, 3.8) is 0 Å². The van der Waals surface area contributed by atoms with Gasteiger partial charge < -0.3 is 15.5 Å². The fourth-order valence-corrected chi connectivity index (χ4v) is 4.91. The highest BCUT2D eigenvalue weighted by Gasteiger charge is 2.18. The zero-order valence-corrected chi connectivity index (χ0v) is 20.4. The number of pyridine rings is 1. The van der Waals surface area contributed by atoms with E-state index in [9.17, 15) is 0 Å². The second-order valence-electron chi connectivity index (χ2n) is 9.26. The molecule has 0 unspecified atom stereocenters. The third-order valence-electron chi connectivity index (χ3n) is 6.84. The Kier molecular flexibility index (Phi) is 6.01. The fourth-order valence-electron chi connectivity index (χ4n) is 4.91. The van der Waals surface area contributed by atoms with Gasteiger partial charge in [-0.05, 0) is 53.9 Å². The number of morpholine rings is 1. The number of hydrogen-bond donors (Lipinski definition) is 2. The molecule has 0 atom stereocenters. The molecule has 7 heteroatoms. The molecule has 0 bridgehead atoms. The van der Waals surface area contributed by atoms with Crippen LogP contribution in [0.15, 0.2) is 73.1 Å². The molecule has 7 nitrogen and oxygen atoms in total. The standard InChI is InChI=1S/C29H30N6O/c1-2-35-19-26(28(33-35)21-6-8-23(30)9-7-21)24-10-11-31-29-25(24)17-27(32-29)22-5-3-4-20(16-22)18-34-12-14-36-15-13-34/h3-11,16-17,19H,2,12-15,18,30H2,1H3,(H,31,32). The molecule has 0 radical (unpaired) electrons. The second kappa shape index (κ2) is 9.60. The third kappa shape index (κ3) is 4.39. The number of hydrogen-bond acceptors (Lipinski definition) is 5. The normalized spacial score (nSPS) is 14.5. The van der Waals surface area contributed by atoms with E-state index in [0.29, 0.717) is 0 Å². The number of nitrogens with two attached hydrogens (primary N) is 1. The van der Waals surface area contributed by atoms with Crippen LogP contribution < -0.4 is 5.73 Å². The number of ether oxygens (including phenoxy) is 1.